The van der Waals surface area contributed by atoms with Gasteiger partial charge in [-0.25, -0.2) is 4.79 Å². The average molecular weight is 379 g/mol. The standard InChI is InChI=1S/C21H21N3O4/c1-27-20(26)16-9-3-2-8-15(16)19(25)22-13-14-7-6-12-24(14)21-23-17-10-4-5-11-18(17)28-21/h2-5,8-11,14H,6-7,12-13H2,1H3,(H,22,25). The molecule has 1 aliphatic heterocycles. The summed E-state index contributed by atoms with van der Waals surface area (Å²) >= 11 is 0. The molecule has 3 aromatic rings. The number of aromatic nitrogens is 1. The van der Waals surface area contributed by atoms with Crippen molar-refractivity contribution in [2.24, 2.45) is 0 Å². The molecule has 0 spiro atoms. The number of ether oxygens (including phenoxy) is 1. The van der Waals surface area contributed by atoms with E-state index in [2.05, 4.69) is 15.2 Å². The first-order chi connectivity index (χ1) is 13.7. The first kappa shape index (κ1) is 18.0. The minimum Gasteiger partial charge on any atom is -0.465 e. The third-order valence-electron chi connectivity index (χ3n) is 4.98. The molecule has 1 atom stereocenters. The molecule has 1 aliphatic rings. The second kappa shape index (κ2) is 7.72. The number of nitrogens with zero attached hydrogens (tertiary/aromatic N) is 2. The van der Waals surface area contributed by atoms with E-state index >= 15 is 0 Å². The van der Waals surface area contributed by atoms with E-state index in [1.165, 1.54) is 7.11 Å². The molecule has 4 rings (SSSR count). The molecule has 1 amide bonds. The van der Waals surface area contributed by atoms with Crippen LogP contribution in [0.4, 0.5) is 6.01 Å². The highest BCUT2D eigenvalue weighted by atomic mass is 16.5. The topological polar surface area (TPSA) is 84.7 Å². The zero-order valence-electron chi connectivity index (χ0n) is 15.6. The van der Waals surface area contributed by atoms with E-state index in [0.29, 0.717) is 18.1 Å². The van der Waals surface area contributed by atoms with Crippen molar-refractivity contribution >= 4 is 29.0 Å². The smallest absolute Gasteiger partial charge is 0.338 e. The van der Waals surface area contributed by atoms with Crippen molar-refractivity contribution in [1.82, 2.24) is 10.3 Å². The van der Waals surface area contributed by atoms with Gasteiger partial charge in [0.25, 0.3) is 11.9 Å². The van der Waals surface area contributed by atoms with Crippen LogP contribution in [-0.2, 0) is 4.74 Å². The first-order valence-electron chi connectivity index (χ1n) is 9.25. The predicted molar refractivity (Wildman–Crippen MR) is 104 cm³/mol. The van der Waals surface area contributed by atoms with Gasteiger partial charge in [0.1, 0.15) is 5.52 Å². The van der Waals surface area contributed by atoms with Gasteiger partial charge in [0.15, 0.2) is 5.58 Å². The molecule has 2 heterocycles. The Morgan fingerprint density at radius 3 is 2.71 bits per heavy atom. The fourth-order valence-electron chi connectivity index (χ4n) is 3.56. The fourth-order valence-corrected chi connectivity index (χ4v) is 3.56. The van der Waals surface area contributed by atoms with E-state index in [9.17, 15) is 9.59 Å². The number of carbonyl (C=O) groups is 2. The number of benzene rings is 2. The molecular weight excluding hydrogens is 358 g/mol. The van der Waals surface area contributed by atoms with E-state index in [1.807, 2.05) is 24.3 Å². The van der Waals surface area contributed by atoms with E-state index < -0.39 is 5.97 Å². The maximum absolute atomic E-state index is 12.7. The summed E-state index contributed by atoms with van der Waals surface area (Å²) in [5, 5.41) is 2.94. The SMILES string of the molecule is COC(=O)c1ccccc1C(=O)NCC1CCCN1c1nc2ccccc2o1. The van der Waals surface area contributed by atoms with Crippen LogP contribution >= 0.6 is 0 Å². The number of rotatable bonds is 5. The van der Waals surface area contributed by atoms with Gasteiger partial charge in [-0.15, -0.1) is 0 Å². The number of hydrogen-bond donors (Lipinski definition) is 1. The molecule has 1 fully saturated rings. The summed E-state index contributed by atoms with van der Waals surface area (Å²) < 4.78 is 10.6. The van der Waals surface area contributed by atoms with E-state index in [4.69, 9.17) is 9.15 Å². The van der Waals surface area contributed by atoms with Gasteiger partial charge < -0.3 is 19.4 Å². The third-order valence-corrected chi connectivity index (χ3v) is 4.98. The van der Waals surface area contributed by atoms with Crippen LogP contribution in [-0.4, -0.2) is 43.1 Å². The third kappa shape index (κ3) is 3.43. The Hall–Kier alpha value is -3.35. The van der Waals surface area contributed by atoms with Crippen molar-refractivity contribution in [3.05, 3.63) is 59.7 Å². The van der Waals surface area contributed by atoms with Crippen molar-refractivity contribution < 1.29 is 18.7 Å². The highest BCUT2D eigenvalue weighted by molar-refractivity contribution is 6.05. The minimum atomic E-state index is -0.528. The van der Waals surface area contributed by atoms with Crippen molar-refractivity contribution in [2.45, 2.75) is 18.9 Å². The quantitative estimate of drug-likeness (QED) is 0.686. The van der Waals surface area contributed by atoms with E-state index in [1.54, 1.807) is 24.3 Å². The molecule has 0 radical (unpaired) electrons. The van der Waals surface area contributed by atoms with Crippen LogP contribution < -0.4 is 10.2 Å². The normalized spacial score (nSPS) is 16.3. The summed E-state index contributed by atoms with van der Waals surface area (Å²) in [6.45, 7) is 1.26. The van der Waals surface area contributed by atoms with Gasteiger partial charge in [-0.1, -0.05) is 24.3 Å². The summed E-state index contributed by atoms with van der Waals surface area (Å²) in [4.78, 5) is 31.2. The number of methoxy groups -OCH3 is 1. The molecule has 7 heteroatoms. The molecule has 0 saturated carbocycles. The number of para-hydroxylation sites is 2. The van der Waals surface area contributed by atoms with Crippen molar-refractivity contribution in [1.29, 1.82) is 0 Å². The lowest BCUT2D eigenvalue weighted by Gasteiger charge is -2.23. The van der Waals surface area contributed by atoms with Gasteiger partial charge in [0.05, 0.1) is 24.3 Å². The van der Waals surface area contributed by atoms with Crippen LogP contribution in [0.15, 0.2) is 52.9 Å². The van der Waals surface area contributed by atoms with Crippen LogP contribution in [0.5, 0.6) is 0 Å². The summed E-state index contributed by atoms with van der Waals surface area (Å²) in [5.74, 6) is -0.829. The van der Waals surface area contributed by atoms with Gasteiger partial charge in [-0.05, 0) is 37.1 Å². The molecule has 0 bridgehead atoms. The number of esters is 1. The number of hydrogen-bond acceptors (Lipinski definition) is 6. The Labute approximate surface area is 162 Å². The van der Waals surface area contributed by atoms with Crippen LogP contribution in [0.3, 0.4) is 0 Å². The Kier molecular flexibility index (Phi) is 4.97. The van der Waals surface area contributed by atoms with Crippen molar-refractivity contribution in [2.75, 3.05) is 25.1 Å². The van der Waals surface area contributed by atoms with Crippen LogP contribution in [0, 0.1) is 0 Å². The van der Waals surface area contributed by atoms with Gasteiger partial charge >= 0.3 is 5.97 Å². The number of oxazole rings is 1. The lowest BCUT2D eigenvalue weighted by atomic mass is 10.1. The monoisotopic (exact) mass is 379 g/mol. The summed E-state index contributed by atoms with van der Waals surface area (Å²) in [6.07, 6.45) is 1.93. The fraction of sp³-hybridized carbons (Fsp3) is 0.286. The van der Waals surface area contributed by atoms with Crippen molar-refractivity contribution in [3.63, 3.8) is 0 Å². The molecule has 7 nitrogen and oxygen atoms in total. The molecule has 1 unspecified atom stereocenters. The predicted octanol–water partition coefficient (Wildman–Crippen LogP) is 3.01. The van der Waals surface area contributed by atoms with Gasteiger partial charge in [0.2, 0.25) is 0 Å². The highest BCUT2D eigenvalue weighted by Gasteiger charge is 2.29. The molecule has 1 N–H and O–H groups in total. The molecule has 2 aromatic carbocycles. The minimum absolute atomic E-state index is 0.0855. The number of anilines is 1. The zero-order valence-corrected chi connectivity index (χ0v) is 15.6. The maximum Gasteiger partial charge on any atom is 0.338 e. The van der Waals surface area contributed by atoms with Crippen LogP contribution in [0.1, 0.15) is 33.6 Å². The Bertz CT molecular complexity index is 981. The molecule has 0 aliphatic carbocycles. The second-order valence-corrected chi connectivity index (χ2v) is 6.70. The van der Waals surface area contributed by atoms with E-state index in [-0.39, 0.29) is 17.5 Å². The summed E-state index contributed by atoms with van der Waals surface area (Å²) in [7, 11) is 1.30. The lowest BCUT2D eigenvalue weighted by Crippen LogP contribution is -2.40. The Balaban J connectivity index is 1.47. The average Bonchev–Trinajstić information content (AvgIpc) is 3.37. The Morgan fingerprint density at radius 2 is 1.93 bits per heavy atom. The zero-order chi connectivity index (χ0) is 19.5. The summed E-state index contributed by atoms with van der Waals surface area (Å²) in [5.41, 5.74) is 2.13. The van der Waals surface area contributed by atoms with Crippen LogP contribution in [0.2, 0.25) is 0 Å². The van der Waals surface area contributed by atoms with Gasteiger partial charge in [-0.2, -0.15) is 4.98 Å². The number of amides is 1. The molecule has 1 aromatic heterocycles. The first-order valence-corrected chi connectivity index (χ1v) is 9.25. The number of nitrogens with one attached hydrogen (secondary N) is 1. The van der Waals surface area contributed by atoms with Gasteiger partial charge in [-0.3, -0.25) is 4.79 Å². The molecular formula is C21H21N3O4. The molecule has 28 heavy (non-hydrogen) atoms. The molecule has 1 saturated heterocycles. The number of carbonyl (C=O) groups excluding carboxylic acids is 2. The molecule has 144 valence electrons. The Morgan fingerprint density at radius 1 is 1.18 bits per heavy atom. The summed E-state index contributed by atoms with van der Waals surface area (Å²) in [6, 6.07) is 14.9. The van der Waals surface area contributed by atoms with E-state index in [0.717, 1.165) is 30.5 Å². The number of fused-ring (bicyclic) bond motifs is 1. The van der Waals surface area contributed by atoms with Crippen LogP contribution in [0.25, 0.3) is 11.1 Å². The second-order valence-electron chi connectivity index (χ2n) is 6.70. The highest BCUT2D eigenvalue weighted by Crippen LogP contribution is 2.28. The largest absolute Gasteiger partial charge is 0.465 e. The van der Waals surface area contributed by atoms with Gasteiger partial charge in [0, 0.05) is 13.1 Å². The lowest BCUT2D eigenvalue weighted by molar-refractivity contribution is 0.0596. The van der Waals surface area contributed by atoms with Crippen molar-refractivity contribution in [3.8, 4) is 0 Å². The maximum atomic E-state index is 12.7.